The fourth-order valence-electron chi connectivity index (χ4n) is 2.27. The fourth-order valence-corrected chi connectivity index (χ4v) is 2.63. The monoisotopic (exact) mass is 306 g/mol. The molecule has 21 heavy (non-hydrogen) atoms. The van der Waals surface area contributed by atoms with E-state index in [-0.39, 0.29) is 5.75 Å². The average Bonchev–Trinajstić information content (AvgIpc) is 2.44. The van der Waals surface area contributed by atoms with Crippen LogP contribution in [-0.4, -0.2) is 13.0 Å². The molecule has 0 bridgehead atoms. The molecule has 0 amide bonds. The third-order valence-electron chi connectivity index (χ3n) is 3.17. The van der Waals surface area contributed by atoms with Gasteiger partial charge in [-0.25, -0.2) is 0 Å². The van der Waals surface area contributed by atoms with Crippen molar-refractivity contribution in [1.82, 2.24) is 0 Å². The van der Waals surface area contributed by atoms with Crippen molar-refractivity contribution in [2.24, 2.45) is 0 Å². The molecule has 5 heteroatoms. The number of unbranched alkanes of at least 4 members (excludes halogenated alkanes) is 1. The van der Waals surface area contributed by atoms with Gasteiger partial charge in [0.15, 0.2) is 5.75 Å². The lowest BCUT2D eigenvalue weighted by Gasteiger charge is -2.14. The Kier molecular flexibility index (Phi) is 4.98. The summed E-state index contributed by atoms with van der Waals surface area (Å²) in [6.07, 6.45) is 2.86. The predicted octanol–water partition coefficient (Wildman–Crippen LogP) is 3.88. The largest absolute Gasteiger partial charge is 0.446 e. The molecule has 0 aliphatic heterocycles. The van der Waals surface area contributed by atoms with Crippen molar-refractivity contribution in [3.8, 4) is 16.9 Å². The van der Waals surface area contributed by atoms with Crippen LogP contribution in [0, 0.1) is 0 Å². The Hall–Kier alpha value is -1.85. The molecule has 0 atom stereocenters. The first kappa shape index (κ1) is 15.5. The van der Waals surface area contributed by atoms with Gasteiger partial charge in [-0.15, -0.1) is 0 Å². The van der Waals surface area contributed by atoms with E-state index in [4.69, 9.17) is 8.74 Å². The van der Waals surface area contributed by atoms with E-state index in [1.54, 1.807) is 12.1 Å². The van der Waals surface area contributed by atoms with Crippen LogP contribution in [0.4, 0.5) is 0 Å². The first-order valence-electron chi connectivity index (χ1n) is 6.85. The van der Waals surface area contributed by atoms with Gasteiger partial charge in [-0.1, -0.05) is 55.8 Å². The maximum absolute atomic E-state index is 11.0. The summed E-state index contributed by atoms with van der Waals surface area (Å²) in [6.45, 7) is 2.10. The number of rotatable bonds is 6. The SMILES string of the molecule is CCCCc1cccc(OS(=O)(=O)O)c1-c1ccccc1. The molecule has 2 aromatic carbocycles. The highest BCUT2D eigenvalue weighted by atomic mass is 32.3. The van der Waals surface area contributed by atoms with E-state index in [1.807, 2.05) is 36.4 Å². The van der Waals surface area contributed by atoms with Crippen molar-refractivity contribution in [2.75, 3.05) is 0 Å². The molecule has 0 radical (unpaired) electrons. The molecule has 2 aromatic rings. The van der Waals surface area contributed by atoms with E-state index in [0.29, 0.717) is 5.56 Å². The van der Waals surface area contributed by atoms with Gasteiger partial charge < -0.3 is 4.18 Å². The lowest BCUT2D eigenvalue weighted by atomic mass is 9.95. The summed E-state index contributed by atoms with van der Waals surface area (Å²) < 4.78 is 35.8. The number of benzene rings is 2. The van der Waals surface area contributed by atoms with E-state index >= 15 is 0 Å². The number of hydrogen-bond acceptors (Lipinski definition) is 3. The fraction of sp³-hybridized carbons (Fsp3) is 0.250. The van der Waals surface area contributed by atoms with Gasteiger partial charge in [0, 0.05) is 5.56 Å². The van der Waals surface area contributed by atoms with Gasteiger partial charge in [-0.3, -0.25) is 4.55 Å². The molecule has 0 heterocycles. The second-order valence-electron chi connectivity index (χ2n) is 4.77. The highest BCUT2D eigenvalue weighted by Gasteiger charge is 2.16. The minimum atomic E-state index is -4.54. The molecule has 0 unspecified atom stereocenters. The topological polar surface area (TPSA) is 63.6 Å². The molecular formula is C16H18O4S. The minimum absolute atomic E-state index is 0.150. The molecule has 0 aliphatic carbocycles. The van der Waals surface area contributed by atoms with Gasteiger partial charge in [0.2, 0.25) is 0 Å². The average molecular weight is 306 g/mol. The zero-order chi connectivity index (χ0) is 15.3. The Morgan fingerprint density at radius 1 is 1.05 bits per heavy atom. The molecule has 0 aromatic heterocycles. The predicted molar refractivity (Wildman–Crippen MR) is 82.7 cm³/mol. The van der Waals surface area contributed by atoms with Crippen molar-refractivity contribution in [3.63, 3.8) is 0 Å². The van der Waals surface area contributed by atoms with E-state index in [0.717, 1.165) is 30.4 Å². The van der Waals surface area contributed by atoms with Crippen LogP contribution in [-0.2, 0) is 16.8 Å². The van der Waals surface area contributed by atoms with Crippen LogP contribution in [0.25, 0.3) is 11.1 Å². The number of aryl methyl sites for hydroxylation is 1. The normalized spacial score (nSPS) is 11.3. The van der Waals surface area contributed by atoms with Gasteiger partial charge in [0.25, 0.3) is 0 Å². The zero-order valence-electron chi connectivity index (χ0n) is 11.8. The summed E-state index contributed by atoms with van der Waals surface area (Å²) in [5, 5.41) is 0. The second-order valence-corrected chi connectivity index (χ2v) is 5.79. The van der Waals surface area contributed by atoms with Crippen molar-refractivity contribution >= 4 is 10.4 Å². The van der Waals surface area contributed by atoms with Crippen LogP contribution in [0.3, 0.4) is 0 Å². The molecule has 2 rings (SSSR count). The van der Waals surface area contributed by atoms with Crippen molar-refractivity contribution in [3.05, 3.63) is 54.1 Å². The Balaban J connectivity index is 2.55. The van der Waals surface area contributed by atoms with Crippen molar-refractivity contribution in [1.29, 1.82) is 0 Å². The van der Waals surface area contributed by atoms with Crippen molar-refractivity contribution < 1.29 is 17.2 Å². The Morgan fingerprint density at radius 2 is 1.76 bits per heavy atom. The van der Waals surface area contributed by atoms with Gasteiger partial charge >= 0.3 is 10.4 Å². The summed E-state index contributed by atoms with van der Waals surface area (Å²) in [5.74, 6) is 0.150. The van der Waals surface area contributed by atoms with Crippen LogP contribution in [0.5, 0.6) is 5.75 Å². The zero-order valence-corrected chi connectivity index (χ0v) is 12.6. The quantitative estimate of drug-likeness (QED) is 0.823. The van der Waals surface area contributed by atoms with E-state index in [2.05, 4.69) is 6.92 Å². The van der Waals surface area contributed by atoms with Crippen molar-refractivity contribution in [2.45, 2.75) is 26.2 Å². The lowest BCUT2D eigenvalue weighted by Crippen LogP contribution is -2.08. The molecule has 0 saturated carbocycles. The smallest absolute Gasteiger partial charge is 0.361 e. The van der Waals surface area contributed by atoms with Crippen LogP contribution in [0.1, 0.15) is 25.3 Å². The van der Waals surface area contributed by atoms with E-state index in [1.165, 1.54) is 0 Å². The Labute approximate surface area is 125 Å². The third kappa shape index (κ3) is 4.31. The van der Waals surface area contributed by atoms with Crippen LogP contribution < -0.4 is 4.18 Å². The first-order chi connectivity index (χ1) is 10.0. The molecular weight excluding hydrogens is 288 g/mol. The molecule has 1 N–H and O–H groups in total. The highest BCUT2D eigenvalue weighted by Crippen LogP contribution is 2.35. The lowest BCUT2D eigenvalue weighted by molar-refractivity contribution is 0.387. The summed E-state index contributed by atoms with van der Waals surface area (Å²) in [5.41, 5.74) is 2.58. The first-order valence-corrected chi connectivity index (χ1v) is 8.22. The highest BCUT2D eigenvalue weighted by molar-refractivity contribution is 7.81. The Bertz CT molecular complexity index is 693. The number of hydrogen-bond donors (Lipinski definition) is 1. The van der Waals surface area contributed by atoms with Crippen LogP contribution >= 0.6 is 0 Å². The van der Waals surface area contributed by atoms with E-state index in [9.17, 15) is 8.42 Å². The third-order valence-corrected chi connectivity index (χ3v) is 3.56. The molecule has 4 nitrogen and oxygen atoms in total. The standard InChI is InChI=1S/C16H18O4S/c1-2-3-8-13-11-7-12-15(20-21(17,18)19)16(13)14-9-5-4-6-10-14/h4-7,9-12H,2-3,8H2,1H3,(H,17,18,19). The molecule has 0 aliphatic rings. The van der Waals surface area contributed by atoms with Crippen LogP contribution in [0.2, 0.25) is 0 Å². The summed E-state index contributed by atoms with van der Waals surface area (Å²) >= 11 is 0. The Morgan fingerprint density at radius 3 is 2.38 bits per heavy atom. The molecule has 0 spiro atoms. The minimum Gasteiger partial charge on any atom is -0.361 e. The summed E-state index contributed by atoms with van der Waals surface area (Å²) in [4.78, 5) is 0. The molecule has 0 saturated heterocycles. The van der Waals surface area contributed by atoms with Crippen LogP contribution in [0.15, 0.2) is 48.5 Å². The second kappa shape index (κ2) is 6.74. The maximum Gasteiger partial charge on any atom is 0.446 e. The summed E-state index contributed by atoms with van der Waals surface area (Å²) in [7, 11) is -4.54. The summed E-state index contributed by atoms with van der Waals surface area (Å²) in [6, 6.07) is 14.7. The molecule has 112 valence electrons. The van der Waals surface area contributed by atoms with Gasteiger partial charge in [-0.2, -0.15) is 8.42 Å². The van der Waals surface area contributed by atoms with Gasteiger partial charge in [0.05, 0.1) is 0 Å². The maximum atomic E-state index is 11.0. The van der Waals surface area contributed by atoms with E-state index < -0.39 is 10.4 Å². The van der Waals surface area contributed by atoms with Gasteiger partial charge in [0.1, 0.15) is 0 Å². The van der Waals surface area contributed by atoms with Gasteiger partial charge in [-0.05, 0) is 30.0 Å². The molecule has 0 fully saturated rings.